The molecule has 7 heteroatoms. The van der Waals surface area contributed by atoms with Gasteiger partial charge in [-0.05, 0) is 36.8 Å². The first-order valence-electron chi connectivity index (χ1n) is 8.67. The van der Waals surface area contributed by atoms with E-state index in [0.29, 0.717) is 5.82 Å². The van der Waals surface area contributed by atoms with Crippen molar-refractivity contribution in [3.05, 3.63) is 67.0 Å². The number of fused-ring (bicyclic) bond motifs is 2. The highest BCUT2D eigenvalue weighted by Gasteiger charge is 2.11. The third kappa shape index (κ3) is 3.32. The van der Waals surface area contributed by atoms with Crippen molar-refractivity contribution < 1.29 is 0 Å². The highest BCUT2D eigenvalue weighted by atomic mass is 15.5. The second-order valence-electron chi connectivity index (χ2n) is 6.46. The summed E-state index contributed by atoms with van der Waals surface area (Å²) in [6.45, 7) is 2.05. The number of hydrogen-bond donors (Lipinski definition) is 2. The normalized spacial score (nSPS) is 12.1. The third-order valence-electron chi connectivity index (χ3n) is 4.27. The van der Waals surface area contributed by atoms with Crippen molar-refractivity contribution >= 4 is 33.6 Å². The minimum atomic E-state index is 0.702. The molecule has 136 valence electrons. The first-order chi connectivity index (χ1) is 13.1. The summed E-state index contributed by atoms with van der Waals surface area (Å²) in [5.74, 6) is 0.702. The van der Waals surface area contributed by atoms with Crippen LogP contribution >= 0.6 is 0 Å². The van der Waals surface area contributed by atoms with Crippen LogP contribution in [0.4, 0.5) is 11.5 Å². The van der Waals surface area contributed by atoms with E-state index in [9.17, 15) is 0 Å². The quantitative estimate of drug-likeness (QED) is 0.532. The van der Waals surface area contributed by atoms with E-state index < -0.39 is 0 Å². The first-order valence-corrected chi connectivity index (χ1v) is 8.67. The van der Waals surface area contributed by atoms with Gasteiger partial charge in [0.2, 0.25) is 0 Å². The molecule has 0 spiro atoms. The highest BCUT2D eigenvalue weighted by Crippen LogP contribution is 2.27. The Morgan fingerprint density at radius 1 is 1.07 bits per heavy atom. The molecule has 4 aromatic rings. The molecular weight excluding hydrogens is 338 g/mol. The number of allylic oxidation sites excluding steroid dienone is 1. The van der Waals surface area contributed by atoms with Gasteiger partial charge in [0.25, 0.3) is 0 Å². The van der Waals surface area contributed by atoms with E-state index in [-0.39, 0.29) is 0 Å². The number of rotatable bonds is 5. The summed E-state index contributed by atoms with van der Waals surface area (Å²) in [4.78, 5) is 13.5. The number of nitrogens with one attached hydrogen (secondary N) is 2. The molecule has 27 heavy (non-hydrogen) atoms. The van der Waals surface area contributed by atoms with E-state index in [0.717, 1.165) is 33.5 Å². The Kier molecular flexibility index (Phi) is 4.43. The Bertz CT molecular complexity index is 1120. The lowest BCUT2D eigenvalue weighted by molar-refractivity contribution is 0.343. The Morgan fingerprint density at radius 2 is 1.96 bits per heavy atom. The van der Waals surface area contributed by atoms with Crippen LogP contribution in [-0.4, -0.2) is 38.5 Å². The summed E-state index contributed by atoms with van der Waals surface area (Å²) >= 11 is 0. The molecule has 0 radical (unpaired) electrons. The summed E-state index contributed by atoms with van der Waals surface area (Å²) in [6, 6.07) is 9.97. The fourth-order valence-corrected chi connectivity index (χ4v) is 2.94. The molecule has 4 rings (SSSR count). The van der Waals surface area contributed by atoms with Crippen LogP contribution < -0.4 is 10.7 Å². The van der Waals surface area contributed by atoms with Crippen LogP contribution in [0, 0.1) is 0 Å². The molecule has 0 aliphatic rings. The zero-order valence-corrected chi connectivity index (χ0v) is 15.5. The fourth-order valence-electron chi connectivity index (χ4n) is 2.94. The van der Waals surface area contributed by atoms with Crippen molar-refractivity contribution in [2.24, 2.45) is 0 Å². The molecule has 0 aliphatic carbocycles. The molecule has 0 amide bonds. The second-order valence-corrected chi connectivity index (χ2v) is 6.46. The average Bonchev–Trinajstić information content (AvgIpc) is 3.12. The summed E-state index contributed by atoms with van der Waals surface area (Å²) < 4.78 is 2.03. The molecule has 0 atom stereocenters. The minimum Gasteiger partial charge on any atom is -0.337 e. The standard InChI is InChI=1S/C20H21N7/c1-14(12-24-26(2)3)18-13-23-20-19(22-10-11-27(18)20)25-17-8-4-7-16-15(17)6-5-9-21-16/h4-13,24H,1-3H3,(H,22,25)/b14-12+. The maximum Gasteiger partial charge on any atom is 0.180 e. The lowest BCUT2D eigenvalue weighted by atomic mass is 10.2. The Balaban J connectivity index is 1.74. The van der Waals surface area contributed by atoms with E-state index in [4.69, 9.17) is 0 Å². The monoisotopic (exact) mass is 359 g/mol. The van der Waals surface area contributed by atoms with Crippen LogP contribution in [-0.2, 0) is 0 Å². The molecule has 0 saturated heterocycles. The van der Waals surface area contributed by atoms with E-state index in [1.165, 1.54) is 0 Å². The molecule has 3 aromatic heterocycles. The molecule has 7 nitrogen and oxygen atoms in total. The van der Waals surface area contributed by atoms with Crippen molar-refractivity contribution in [2.45, 2.75) is 6.92 Å². The average molecular weight is 359 g/mol. The largest absolute Gasteiger partial charge is 0.337 e. The van der Waals surface area contributed by atoms with E-state index in [2.05, 4.69) is 25.7 Å². The summed E-state index contributed by atoms with van der Waals surface area (Å²) in [5, 5.41) is 6.34. The lowest BCUT2D eigenvalue weighted by Gasteiger charge is -2.11. The maximum absolute atomic E-state index is 4.58. The smallest absolute Gasteiger partial charge is 0.180 e. The van der Waals surface area contributed by atoms with Gasteiger partial charge in [0.1, 0.15) is 0 Å². The van der Waals surface area contributed by atoms with Gasteiger partial charge in [-0.15, -0.1) is 0 Å². The lowest BCUT2D eigenvalue weighted by Crippen LogP contribution is -2.25. The van der Waals surface area contributed by atoms with Crippen LogP contribution in [0.25, 0.3) is 22.1 Å². The van der Waals surface area contributed by atoms with Crippen LogP contribution in [0.3, 0.4) is 0 Å². The van der Waals surface area contributed by atoms with Gasteiger partial charge in [0, 0.05) is 50.0 Å². The maximum atomic E-state index is 4.58. The van der Waals surface area contributed by atoms with Gasteiger partial charge < -0.3 is 10.7 Å². The summed E-state index contributed by atoms with van der Waals surface area (Å²) in [5.41, 5.74) is 7.90. The molecular formula is C20H21N7. The van der Waals surface area contributed by atoms with Crippen molar-refractivity contribution in [2.75, 3.05) is 19.4 Å². The van der Waals surface area contributed by atoms with Crippen molar-refractivity contribution in [3.63, 3.8) is 0 Å². The zero-order chi connectivity index (χ0) is 18.8. The van der Waals surface area contributed by atoms with Crippen molar-refractivity contribution in [1.29, 1.82) is 0 Å². The van der Waals surface area contributed by atoms with Crippen LogP contribution in [0.5, 0.6) is 0 Å². The topological polar surface area (TPSA) is 70.4 Å². The van der Waals surface area contributed by atoms with E-state index in [1.807, 2.05) is 79.4 Å². The molecule has 3 heterocycles. The molecule has 0 fully saturated rings. The number of aromatic nitrogens is 4. The number of hydrogen-bond acceptors (Lipinski definition) is 6. The number of hydrazine groups is 1. The Hall–Kier alpha value is -3.45. The van der Waals surface area contributed by atoms with Crippen LogP contribution in [0.1, 0.15) is 12.6 Å². The van der Waals surface area contributed by atoms with Gasteiger partial charge in [0.15, 0.2) is 11.5 Å². The van der Waals surface area contributed by atoms with Gasteiger partial charge >= 0.3 is 0 Å². The van der Waals surface area contributed by atoms with Crippen LogP contribution in [0.2, 0.25) is 0 Å². The molecule has 2 N–H and O–H groups in total. The van der Waals surface area contributed by atoms with Gasteiger partial charge in [-0.2, -0.15) is 0 Å². The predicted octanol–water partition coefficient (Wildman–Crippen LogP) is 3.45. The fraction of sp³-hybridized carbons (Fsp3) is 0.150. The van der Waals surface area contributed by atoms with Gasteiger partial charge in [0.05, 0.1) is 17.4 Å². The zero-order valence-electron chi connectivity index (χ0n) is 15.5. The van der Waals surface area contributed by atoms with Gasteiger partial charge in [-0.25, -0.2) is 15.0 Å². The third-order valence-corrected chi connectivity index (χ3v) is 4.27. The van der Waals surface area contributed by atoms with Gasteiger partial charge in [-0.1, -0.05) is 6.07 Å². The van der Waals surface area contributed by atoms with Crippen molar-refractivity contribution in [1.82, 2.24) is 29.8 Å². The summed E-state index contributed by atoms with van der Waals surface area (Å²) in [6.07, 6.45) is 9.29. The molecule has 1 aromatic carbocycles. The van der Waals surface area contributed by atoms with Gasteiger partial charge in [-0.3, -0.25) is 9.38 Å². The number of anilines is 2. The molecule has 0 saturated carbocycles. The summed E-state index contributed by atoms with van der Waals surface area (Å²) in [7, 11) is 3.90. The van der Waals surface area contributed by atoms with E-state index >= 15 is 0 Å². The molecule has 0 bridgehead atoms. The number of nitrogens with zero attached hydrogens (tertiary/aromatic N) is 5. The van der Waals surface area contributed by atoms with E-state index in [1.54, 1.807) is 12.4 Å². The molecule has 0 unspecified atom stereocenters. The van der Waals surface area contributed by atoms with Crippen molar-refractivity contribution in [3.8, 4) is 0 Å². The molecule has 0 aliphatic heterocycles. The SMILES string of the molecule is C/C(=C\NN(C)C)c1cnc2c(Nc3cccc4ncccc34)nccn12. The number of pyridine rings is 1. The van der Waals surface area contributed by atoms with Crippen LogP contribution in [0.15, 0.2) is 61.3 Å². The second kappa shape index (κ2) is 7.05. The Morgan fingerprint density at radius 3 is 2.81 bits per heavy atom. The number of benzene rings is 1. The number of imidazole rings is 1. The minimum absolute atomic E-state index is 0.702. The predicted molar refractivity (Wildman–Crippen MR) is 108 cm³/mol. The Labute approximate surface area is 157 Å². The highest BCUT2D eigenvalue weighted by molar-refractivity contribution is 5.93. The first kappa shape index (κ1) is 17.0.